The number of benzene rings is 1. The van der Waals surface area contributed by atoms with Crippen molar-refractivity contribution in [2.24, 2.45) is 7.05 Å². The molecule has 0 amide bonds. The number of hydrogen-bond donors (Lipinski definition) is 1. The van der Waals surface area contributed by atoms with Crippen molar-refractivity contribution in [2.75, 3.05) is 5.32 Å². The molecule has 1 N–H and O–H groups in total. The fraction of sp³-hybridized carbons (Fsp3) is 0.263. The Morgan fingerprint density at radius 3 is 2.85 bits per heavy atom. The van der Waals surface area contributed by atoms with Crippen molar-refractivity contribution in [2.45, 2.75) is 25.3 Å². The number of rotatable bonds is 5. The Bertz CT molecular complexity index is 1070. The molecule has 7 nitrogen and oxygen atoms in total. The summed E-state index contributed by atoms with van der Waals surface area (Å²) in [6.45, 7) is 0.702. The molecule has 5 rings (SSSR count). The van der Waals surface area contributed by atoms with Crippen molar-refractivity contribution in [3.8, 4) is 11.1 Å². The lowest BCUT2D eigenvalue weighted by atomic mass is 10.1. The zero-order valence-corrected chi connectivity index (χ0v) is 14.5. The molecule has 0 bridgehead atoms. The van der Waals surface area contributed by atoms with Gasteiger partial charge < -0.3 is 5.32 Å². The van der Waals surface area contributed by atoms with Gasteiger partial charge in [-0.05, 0) is 42.2 Å². The van der Waals surface area contributed by atoms with Gasteiger partial charge in [0, 0.05) is 31.3 Å². The Hall–Kier alpha value is -3.22. The van der Waals surface area contributed by atoms with Crippen LogP contribution in [0.1, 0.15) is 30.1 Å². The van der Waals surface area contributed by atoms with Crippen LogP contribution < -0.4 is 5.32 Å². The molecule has 1 aromatic carbocycles. The summed E-state index contributed by atoms with van der Waals surface area (Å²) in [6.07, 6.45) is 6.27. The molecule has 7 heteroatoms. The normalized spacial score (nSPS) is 14.0. The quantitative estimate of drug-likeness (QED) is 0.602. The third kappa shape index (κ3) is 2.81. The molecule has 3 aromatic heterocycles. The van der Waals surface area contributed by atoms with Crippen LogP contribution in [-0.4, -0.2) is 29.6 Å². The average Bonchev–Trinajstić information content (AvgIpc) is 3.27. The number of nitrogens with zero attached hydrogens (tertiary/aromatic N) is 6. The highest BCUT2D eigenvalue weighted by Gasteiger charge is 2.29. The first-order valence-electron chi connectivity index (χ1n) is 8.80. The third-order valence-electron chi connectivity index (χ3n) is 4.67. The third-order valence-corrected chi connectivity index (χ3v) is 4.67. The standard InChI is InChI=1S/C19H19N7/c1-25-12-16(11-21-25)15-4-2-3-13(9-15)10-20-17-7-8-18-22-23-19(14-5-6-14)26(18)24-17/h2-4,7-9,11-12,14H,5-6,10H2,1H3,(H,20,24). The molecule has 1 fully saturated rings. The second-order valence-electron chi connectivity index (χ2n) is 6.78. The van der Waals surface area contributed by atoms with E-state index in [1.54, 1.807) is 0 Å². The van der Waals surface area contributed by atoms with E-state index in [4.69, 9.17) is 0 Å². The van der Waals surface area contributed by atoms with Crippen molar-refractivity contribution in [1.29, 1.82) is 0 Å². The van der Waals surface area contributed by atoms with Gasteiger partial charge in [-0.15, -0.1) is 15.3 Å². The van der Waals surface area contributed by atoms with Crippen molar-refractivity contribution < 1.29 is 0 Å². The summed E-state index contributed by atoms with van der Waals surface area (Å²) in [5, 5.41) is 20.8. The lowest BCUT2D eigenvalue weighted by molar-refractivity contribution is 0.768. The molecule has 0 spiro atoms. The van der Waals surface area contributed by atoms with Gasteiger partial charge in [0.05, 0.1) is 6.20 Å². The monoisotopic (exact) mass is 345 g/mol. The Morgan fingerprint density at radius 1 is 1.12 bits per heavy atom. The lowest BCUT2D eigenvalue weighted by Gasteiger charge is -2.08. The van der Waals surface area contributed by atoms with Gasteiger partial charge >= 0.3 is 0 Å². The predicted molar refractivity (Wildman–Crippen MR) is 98.7 cm³/mol. The van der Waals surface area contributed by atoms with Gasteiger partial charge in [0.15, 0.2) is 11.5 Å². The number of aromatic nitrogens is 6. The number of aryl methyl sites for hydroxylation is 1. The maximum atomic E-state index is 4.66. The van der Waals surface area contributed by atoms with Crippen molar-refractivity contribution in [3.63, 3.8) is 0 Å². The number of nitrogens with one attached hydrogen (secondary N) is 1. The smallest absolute Gasteiger partial charge is 0.178 e. The van der Waals surface area contributed by atoms with Crippen LogP contribution in [0.4, 0.5) is 5.82 Å². The van der Waals surface area contributed by atoms with Gasteiger partial charge in [-0.2, -0.15) is 9.61 Å². The second-order valence-corrected chi connectivity index (χ2v) is 6.78. The van der Waals surface area contributed by atoms with E-state index >= 15 is 0 Å². The van der Waals surface area contributed by atoms with E-state index < -0.39 is 0 Å². The van der Waals surface area contributed by atoms with Crippen LogP contribution in [-0.2, 0) is 13.6 Å². The van der Waals surface area contributed by atoms with E-state index in [0.717, 1.165) is 28.4 Å². The summed E-state index contributed by atoms with van der Waals surface area (Å²) >= 11 is 0. The minimum atomic E-state index is 0.518. The molecule has 0 aliphatic heterocycles. The van der Waals surface area contributed by atoms with E-state index in [2.05, 4.69) is 50.0 Å². The first-order valence-corrected chi connectivity index (χ1v) is 8.80. The lowest BCUT2D eigenvalue weighted by Crippen LogP contribution is -2.05. The van der Waals surface area contributed by atoms with E-state index in [9.17, 15) is 0 Å². The van der Waals surface area contributed by atoms with Crippen molar-refractivity contribution in [3.05, 3.63) is 60.2 Å². The van der Waals surface area contributed by atoms with E-state index in [0.29, 0.717) is 12.5 Å². The molecule has 1 aliphatic carbocycles. The van der Waals surface area contributed by atoms with Gasteiger partial charge in [0.1, 0.15) is 5.82 Å². The first-order chi connectivity index (χ1) is 12.8. The summed E-state index contributed by atoms with van der Waals surface area (Å²) < 4.78 is 3.68. The van der Waals surface area contributed by atoms with Gasteiger partial charge in [-0.3, -0.25) is 4.68 Å². The van der Waals surface area contributed by atoms with Gasteiger partial charge in [0.2, 0.25) is 0 Å². The number of hydrogen-bond acceptors (Lipinski definition) is 5. The molecule has 0 unspecified atom stereocenters. The molecule has 26 heavy (non-hydrogen) atoms. The van der Waals surface area contributed by atoms with Crippen molar-refractivity contribution in [1.82, 2.24) is 29.6 Å². The highest BCUT2D eigenvalue weighted by molar-refractivity contribution is 5.62. The van der Waals surface area contributed by atoms with Gasteiger partial charge in [0.25, 0.3) is 0 Å². The van der Waals surface area contributed by atoms with Crippen LogP contribution in [0.5, 0.6) is 0 Å². The van der Waals surface area contributed by atoms with E-state index in [1.165, 1.54) is 18.4 Å². The summed E-state index contributed by atoms with van der Waals surface area (Å²) in [6, 6.07) is 12.4. The predicted octanol–water partition coefficient (Wildman–Crippen LogP) is 3.01. The second kappa shape index (κ2) is 5.94. The maximum Gasteiger partial charge on any atom is 0.178 e. The Morgan fingerprint density at radius 2 is 2.04 bits per heavy atom. The summed E-state index contributed by atoms with van der Waals surface area (Å²) in [5.74, 6) is 2.32. The fourth-order valence-corrected chi connectivity index (χ4v) is 3.12. The summed E-state index contributed by atoms with van der Waals surface area (Å²) in [7, 11) is 1.93. The van der Waals surface area contributed by atoms with Crippen LogP contribution in [0.15, 0.2) is 48.8 Å². The zero-order valence-electron chi connectivity index (χ0n) is 14.5. The van der Waals surface area contributed by atoms with Crippen LogP contribution in [0.3, 0.4) is 0 Å². The largest absolute Gasteiger partial charge is 0.365 e. The number of anilines is 1. The molecule has 1 aliphatic rings. The Labute approximate surface area is 150 Å². The zero-order chi connectivity index (χ0) is 17.5. The van der Waals surface area contributed by atoms with Crippen LogP contribution in [0.2, 0.25) is 0 Å². The Balaban J connectivity index is 1.36. The average molecular weight is 345 g/mol. The summed E-state index contributed by atoms with van der Waals surface area (Å²) in [5.41, 5.74) is 4.28. The topological polar surface area (TPSA) is 72.9 Å². The molecule has 0 saturated heterocycles. The van der Waals surface area contributed by atoms with Crippen LogP contribution in [0, 0.1) is 0 Å². The SMILES string of the molecule is Cn1cc(-c2cccc(CNc3ccc4nnc(C5CC5)n4n3)c2)cn1. The summed E-state index contributed by atoms with van der Waals surface area (Å²) in [4.78, 5) is 0. The molecule has 0 radical (unpaired) electrons. The molecular formula is C19H19N7. The Kier molecular flexibility index (Phi) is 3.44. The van der Waals surface area contributed by atoms with Gasteiger partial charge in [-0.1, -0.05) is 18.2 Å². The molecule has 130 valence electrons. The fourth-order valence-electron chi connectivity index (χ4n) is 3.12. The molecule has 0 atom stereocenters. The number of fused-ring (bicyclic) bond motifs is 1. The maximum absolute atomic E-state index is 4.66. The highest BCUT2D eigenvalue weighted by atomic mass is 15.4. The van der Waals surface area contributed by atoms with Crippen LogP contribution in [0.25, 0.3) is 16.8 Å². The molecule has 1 saturated carbocycles. The first kappa shape index (κ1) is 15.1. The molecule has 3 heterocycles. The van der Waals surface area contributed by atoms with E-state index in [1.807, 2.05) is 40.8 Å². The minimum Gasteiger partial charge on any atom is -0.365 e. The molecule has 4 aromatic rings. The highest BCUT2D eigenvalue weighted by Crippen LogP contribution is 2.38. The minimum absolute atomic E-state index is 0.518. The van der Waals surface area contributed by atoms with E-state index in [-0.39, 0.29) is 0 Å². The van der Waals surface area contributed by atoms with Crippen LogP contribution >= 0.6 is 0 Å². The van der Waals surface area contributed by atoms with Gasteiger partial charge in [-0.25, -0.2) is 0 Å². The molecular weight excluding hydrogens is 326 g/mol. The van der Waals surface area contributed by atoms with Crippen molar-refractivity contribution >= 4 is 11.5 Å².